The lowest BCUT2D eigenvalue weighted by molar-refractivity contribution is 0.406. The van der Waals surface area contributed by atoms with Gasteiger partial charge in [0.15, 0.2) is 0 Å². The molecule has 20 heavy (non-hydrogen) atoms. The van der Waals surface area contributed by atoms with Gasteiger partial charge >= 0.3 is 0 Å². The Hall–Kier alpha value is -1.33. The Kier molecular flexibility index (Phi) is 5.36. The van der Waals surface area contributed by atoms with Gasteiger partial charge in [0, 0.05) is 13.1 Å². The fourth-order valence-electron chi connectivity index (χ4n) is 1.75. The predicted molar refractivity (Wildman–Crippen MR) is 82.3 cm³/mol. The molecular weight excluding hydrogens is 274 g/mol. The van der Waals surface area contributed by atoms with Crippen molar-refractivity contribution in [3.05, 3.63) is 42.5 Å². The maximum absolute atomic E-state index is 12.5. The number of rotatable bonds is 6. The normalized spacial score (nSPS) is 12.4. The highest BCUT2D eigenvalue weighted by Crippen LogP contribution is 2.23. The summed E-state index contributed by atoms with van der Waals surface area (Å²) in [5.41, 5.74) is 0.888. The van der Waals surface area contributed by atoms with E-state index in [1.165, 1.54) is 4.31 Å². The van der Waals surface area contributed by atoms with E-state index >= 15 is 0 Å². The molecule has 1 aromatic rings. The predicted octanol–water partition coefficient (Wildman–Crippen LogP) is 2.81. The van der Waals surface area contributed by atoms with Gasteiger partial charge in [-0.15, -0.1) is 6.58 Å². The minimum absolute atomic E-state index is 0.289. The molecule has 0 spiro atoms. The van der Waals surface area contributed by atoms with Crippen LogP contribution in [0.2, 0.25) is 0 Å². The van der Waals surface area contributed by atoms with E-state index in [0.29, 0.717) is 12.3 Å². The van der Waals surface area contributed by atoms with Crippen LogP contribution in [0.1, 0.15) is 26.3 Å². The fraction of sp³-hybridized carbons (Fsp3) is 0.467. The highest BCUT2D eigenvalue weighted by Gasteiger charge is 2.34. The van der Waals surface area contributed by atoms with Crippen LogP contribution in [0.5, 0.6) is 5.75 Å². The zero-order valence-corrected chi connectivity index (χ0v) is 13.4. The van der Waals surface area contributed by atoms with Crippen LogP contribution in [-0.2, 0) is 16.6 Å². The molecule has 0 saturated carbocycles. The van der Waals surface area contributed by atoms with Crippen LogP contribution in [0.3, 0.4) is 0 Å². The van der Waals surface area contributed by atoms with E-state index in [9.17, 15) is 8.42 Å². The van der Waals surface area contributed by atoms with Crippen LogP contribution in [0.4, 0.5) is 0 Å². The van der Waals surface area contributed by atoms with Crippen molar-refractivity contribution in [2.45, 2.75) is 32.1 Å². The summed E-state index contributed by atoms with van der Waals surface area (Å²) >= 11 is 0. The molecule has 0 aliphatic rings. The Labute approximate surface area is 122 Å². The second-order valence-electron chi connectivity index (χ2n) is 5.55. The van der Waals surface area contributed by atoms with Crippen molar-refractivity contribution in [2.75, 3.05) is 13.7 Å². The number of nitrogens with zero attached hydrogens (tertiary/aromatic N) is 1. The summed E-state index contributed by atoms with van der Waals surface area (Å²) in [5.74, 6) is 0.717. The third-order valence-electron chi connectivity index (χ3n) is 2.94. The highest BCUT2D eigenvalue weighted by molar-refractivity contribution is 7.90. The highest BCUT2D eigenvalue weighted by atomic mass is 32.2. The Bertz CT molecular complexity index is 559. The molecule has 0 unspecified atom stereocenters. The first-order valence-corrected chi connectivity index (χ1v) is 7.90. The number of ether oxygens (including phenoxy) is 1. The van der Waals surface area contributed by atoms with Crippen molar-refractivity contribution in [1.29, 1.82) is 0 Å². The van der Waals surface area contributed by atoms with Crippen molar-refractivity contribution >= 4 is 10.0 Å². The Morgan fingerprint density at radius 2 is 2.00 bits per heavy atom. The van der Waals surface area contributed by atoms with E-state index in [-0.39, 0.29) is 6.54 Å². The average Bonchev–Trinajstić information content (AvgIpc) is 2.37. The van der Waals surface area contributed by atoms with Crippen molar-refractivity contribution in [3.63, 3.8) is 0 Å². The summed E-state index contributed by atoms with van der Waals surface area (Å²) in [7, 11) is -1.81. The first kappa shape index (κ1) is 16.7. The first-order chi connectivity index (χ1) is 9.22. The van der Waals surface area contributed by atoms with Gasteiger partial charge in [0.1, 0.15) is 5.75 Å². The van der Waals surface area contributed by atoms with Crippen molar-refractivity contribution < 1.29 is 13.2 Å². The molecular formula is C15H23NO3S. The lowest BCUT2D eigenvalue weighted by Gasteiger charge is -2.29. The maximum Gasteiger partial charge on any atom is 0.219 e. The summed E-state index contributed by atoms with van der Waals surface area (Å²) in [5, 5.41) is 0. The second kappa shape index (κ2) is 6.41. The van der Waals surface area contributed by atoms with Gasteiger partial charge in [-0.3, -0.25) is 0 Å². The summed E-state index contributed by atoms with van der Waals surface area (Å²) in [4.78, 5) is 0. The molecule has 0 radical (unpaired) electrons. The van der Waals surface area contributed by atoms with Crippen molar-refractivity contribution in [1.82, 2.24) is 4.31 Å². The Morgan fingerprint density at radius 3 is 2.50 bits per heavy atom. The number of hydrogen-bond donors (Lipinski definition) is 0. The third-order valence-corrected chi connectivity index (χ3v) is 5.45. The smallest absolute Gasteiger partial charge is 0.219 e. The Balaban J connectivity index is 3.07. The van der Waals surface area contributed by atoms with Crippen LogP contribution < -0.4 is 4.74 Å². The topological polar surface area (TPSA) is 46.6 Å². The second-order valence-corrected chi connectivity index (χ2v) is 8.24. The minimum Gasteiger partial charge on any atom is -0.497 e. The van der Waals surface area contributed by atoms with E-state index in [1.807, 2.05) is 24.3 Å². The van der Waals surface area contributed by atoms with Crippen molar-refractivity contribution in [3.8, 4) is 5.75 Å². The molecule has 0 atom stereocenters. The fourth-order valence-corrected chi connectivity index (χ4v) is 3.15. The van der Waals surface area contributed by atoms with Gasteiger partial charge in [-0.25, -0.2) is 8.42 Å². The molecule has 5 heteroatoms. The molecule has 0 amide bonds. The molecule has 0 fully saturated rings. The van der Waals surface area contributed by atoms with E-state index < -0.39 is 14.8 Å². The molecule has 0 N–H and O–H groups in total. The molecule has 1 aromatic carbocycles. The van der Waals surface area contributed by atoms with Gasteiger partial charge < -0.3 is 4.74 Å². The summed E-state index contributed by atoms with van der Waals surface area (Å²) in [6.45, 7) is 9.33. The minimum atomic E-state index is -3.40. The zero-order valence-electron chi connectivity index (χ0n) is 12.6. The molecule has 1 rings (SSSR count). The summed E-state index contributed by atoms with van der Waals surface area (Å²) < 4.78 is 30.9. The molecule has 0 aliphatic heterocycles. The molecule has 0 aliphatic carbocycles. The quantitative estimate of drug-likeness (QED) is 0.759. The lowest BCUT2D eigenvalue weighted by atomic mass is 10.2. The number of benzene rings is 1. The zero-order chi connectivity index (χ0) is 15.4. The lowest BCUT2D eigenvalue weighted by Crippen LogP contribution is -2.42. The largest absolute Gasteiger partial charge is 0.497 e. The molecule has 0 heterocycles. The molecule has 112 valence electrons. The van der Waals surface area contributed by atoms with E-state index in [0.717, 1.165) is 5.56 Å². The molecule has 0 aromatic heterocycles. The van der Waals surface area contributed by atoms with Crippen LogP contribution in [0.25, 0.3) is 0 Å². The summed E-state index contributed by atoms with van der Waals surface area (Å²) in [6.07, 6.45) is 1.60. The van der Waals surface area contributed by atoms with Crippen LogP contribution in [0, 0.1) is 0 Å². The monoisotopic (exact) mass is 297 g/mol. The van der Waals surface area contributed by atoms with Gasteiger partial charge in [0.05, 0.1) is 11.9 Å². The standard InChI is InChI=1S/C15H23NO3S/c1-6-10-16(20(17,18)15(2,3)4)12-13-8-7-9-14(11-13)19-5/h6-9,11H,1,10,12H2,2-5H3. The van der Waals surface area contributed by atoms with E-state index in [1.54, 1.807) is 34.0 Å². The van der Waals surface area contributed by atoms with Gasteiger partial charge in [0.2, 0.25) is 10.0 Å². The van der Waals surface area contributed by atoms with Crippen LogP contribution in [-0.4, -0.2) is 31.1 Å². The number of methoxy groups -OCH3 is 1. The third kappa shape index (κ3) is 3.84. The number of sulfonamides is 1. The molecule has 0 saturated heterocycles. The van der Waals surface area contributed by atoms with E-state index in [4.69, 9.17) is 4.74 Å². The Morgan fingerprint density at radius 1 is 1.35 bits per heavy atom. The average molecular weight is 297 g/mol. The summed E-state index contributed by atoms with van der Waals surface area (Å²) in [6, 6.07) is 7.41. The van der Waals surface area contributed by atoms with Gasteiger partial charge in [-0.1, -0.05) is 18.2 Å². The van der Waals surface area contributed by atoms with Gasteiger partial charge in [-0.05, 0) is 38.5 Å². The van der Waals surface area contributed by atoms with Crippen molar-refractivity contribution in [2.24, 2.45) is 0 Å². The van der Waals surface area contributed by atoms with Crippen LogP contribution in [0.15, 0.2) is 36.9 Å². The molecule has 4 nitrogen and oxygen atoms in total. The SMILES string of the molecule is C=CCN(Cc1cccc(OC)c1)S(=O)(=O)C(C)(C)C. The van der Waals surface area contributed by atoms with Gasteiger partial charge in [0.25, 0.3) is 0 Å². The number of hydrogen-bond acceptors (Lipinski definition) is 3. The van der Waals surface area contributed by atoms with E-state index in [2.05, 4.69) is 6.58 Å². The first-order valence-electron chi connectivity index (χ1n) is 6.46. The van der Waals surface area contributed by atoms with Crippen LogP contribution >= 0.6 is 0 Å². The maximum atomic E-state index is 12.5. The molecule has 0 bridgehead atoms. The van der Waals surface area contributed by atoms with Gasteiger partial charge in [-0.2, -0.15) is 4.31 Å².